The molecular formula is C13H18ClNO. The Balaban J connectivity index is 2.05. The molecule has 0 radical (unpaired) electrons. The molecule has 0 spiro atoms. The summed E-state index contributed by atoms with van der Waals surface area (Å²) in [6.07, 6.45) is 2.68. The van der Waals surface area contributed by atoms with E-state index >= 15 is 0 Å². The number of aliphatic hydroxyl groups is 1. The molecule has 1 atom stereocenters. The number of likely N-dealkylation sites (tertiary alicyclic amines) is 1. The van der Waals surface area contributed by atoms with Crippen molar-refractivity contribution in [2.75, 3.05) is 20.1 Å². The maximum absolute atomic E-state index is 10.5. The molecule has 1 aliphatic heterocycles. The van der Waals surface area contributed by atoms with E-state index in [4.69, 9.17) is 11.6 Å². The molecule has 1 N–H and O–H groups in total. The van der Waals surface area contributed by atoms with Gasteiger partial charge < -0.3 is 10.0 Å². The molecule has 0 bridgehead atoms. The maximum atomic E-state index is 10.5. The van der Waals surface area contributed by atoms with Crippen molar-refractivity contribution >= 4 is 11.6 Å². The van der Waals surface area contributed by atoms with Crippen LogP contribution in [-0.4, -0.2) is 35.7 Å². The highest BCUT2D eigenvalue weighted by Crippen LogP contribution is 2.25. The largest absolute Gasteiger partial charge is 0.388 e. The first kappa shape index (κ1) is 11.9. The number of likely N-dealkylation sites (N-methyl/N-ethyl adjacent to an activating group) is 1. The average molecular weight is 240 g/mol. The van der Waals surface area contributed by atoms with Gasteiger partial charge in [-0.1, -0.05) is 23.7 Å². The molecule has 16 heavy (non-hydrogen) atoms. The minimum absolute atomic E-state index is 0.569. The molecule has 1 saturated heterocycles. The summed E-state index contributed by atoms with van der Waals surface area (Å²) >= 11 is 5.84. The van der Waals surface area contributed by atoms with E-state index in [1.165, 1.54) is 0 Å². The van der Waals surface area contributed by atoms with Crippen molar-refractivity contribution in [3.8, 4) is 0 Å². The van der Waals surface area contributed by atoms with E-state index in [1.54, 1.807) is 0 Å². The van der Waals surface area contributed by atoms with Crippen molar-refractivity contribution < 1.29 is 5.11 Å². The monoisotopic (exact) mass is 239 g/mol. The van der Waals surface area contributed by atoms with Gasteiger partial charge in [0.25, 0.3) is 0 Å². The van der Waals surface area contributed by atoms with Crippen LogP contribution in [0.4, 0.5) is 0 Å². The Kier molecular flexibility index (Phi) is 3.53. The van der Waals surface area contributed by atoms with Crippen LogP contribution < -0.4 is 0 Å². The fraction of sp³-hybridized carbons (Fsp3) is 0.538. The predicted octanol–water partition coefficient (Wildman–Crippen LogP) is 2.34. The molecule has 2 rings (SSSR count). The molecule has 0 aliphatic carbocycles. The van der Waals surface area contributed by atoms with Gasteiger partial charge in [0.15, 0.2) is 0 Å². The average Bonchev–Trinajstić information content (AvgIpc) is 2.21. The summed E-state index contributed by atoms with van der Waals surface area (Å²) in [7, 11) is 2.06. The van der Waals surface area contributed by atoms with Crippen LogP contribution in [0.3, 0.4) is 0 Å². The van der Waals surface area contributed by atoms with Crippen molar-refractivity contribution in [2.45, 2.75) is 24.9 Å². The lowest BCUT2D eigenvalue weighted by Gasteiger charge is -2.37. The molecule has 1 fully saturated rings. The number of halogens is 1. The van der Waals surface area contributed by atoms with Gasteiger partial charge in [-0.2, -0.15) is 0 Å². The van der Waals surface area contributed by atoms with E-state index in [-0.39, 0.29) is 0 Å². The molecular weight excluding hydrogens is 222 g/mol. The minimum atomic E-state index is -0.569. The Morgan fingerprint density at radius 2 is 2.06 bits per heavy atom. The molecule has 2 nitrogen and oxygen atoms in total. The smallest absolute Gasteiger partial charge is 0.0814 e. The van der Waals surface area contributed by atoms with Crippen molar-refractivity contribution in [2.24, 2.45) is 0 Å². The molecule has 1 aromatic rings. The predicted molar refractivity (Wildman–Crippen MR) is 66.8 cm³/mol. The summed E-state index contributed by atoms with van der Waals surface area (Å²) in [5.41, 5.74) is 0.586. The van der Waals surface area contributed by atoms with E-state index in [1.807, 2.05) is 24.3 Å². The van der Waals surface area contributed by atoms with E-state index in [0.717, 1.165) is 36.5 Å². The van der Waals surface area contributed by atoms with Crippen LogP contribution in [0.5, 0.6) is 0 Å². The molecule has 3 heteroatoms. The third kappa shape index (κ3) is 2.97. The van der Waals surface area contributed by atoms with Crippen LogP contribution >= 0.6 is 11.6 Å². The van der Waals surface area contributed by atoms with Gasteiger partial charge in [-0.25, -0.2) is 0 Å². The van der Waals surface area contributed by atoms with Gasteiger partial charge in [0, 0.05) is 18.0 Å². The van der Waals surface area contributed by atoms with Gasteiger partial charge in [0.1, 0.15) is 0 Å². The zero-order valence-corrected chi connectivity index (χ0v) is 10.4. The van der Waals surface area contributed by atoms with Crippen LogP contribution in [-0.2, 0) is 6.42 Å². The van der Waals surface area contributed by atoms with E-state index in [9.17, 15) is 5.11 Å². The zero-order chi connectivity index (χ0) is 11.6. The molecule has 0 saturated carbocycles. The van der Waals surface area contributed by atoms with Gasteiger partial charge in [0.2, 0.25) is 0 Å². The van der Waals surface area contributed by atoms with Crippen molar-refractivity contribution in [3.63, 3.8) is 0 Å². The third-order valence-electron chi connectivity index (χ3n) is 3.19. The summed E-state index contributed by atoms with van der Waals surface area (Å²) in [5.74, 6) is 0. The second-order valence-corrected chi connectivity index (χ2v) is 5.31. The van der Waals surface area contributed by atoms with Gasteiger partial charge in [-0.05, 0) is 44.1 Å². The summed E-state index contributed by atoms with van der Waals surface area (Å²) in [6.45, 7) is 1.85. The molecule has 1 unspecified atom stereocenters. The zero-order valence-electron chi connectivity index (χ0n) is 9.62. The first-order valence-corrected chi connectivity index (χ1v) is 6.11. The summed E-state index contributed by atoms with van der Waals surface area (Å²) in [4.78, 5) is 2.19. The lowest BCUT2D eigenvalue weighted by atomic mass is 9.87. The molecule has 88 valence electrons. The van der Waals surface area contributed by atoms with Crippen LogP contribution in [0, 0.1) is 0 Å². The molecule has 1 aromatic carbocycles. The lowest BCUT2D eigenvalue weighted by molar-refractivity contribution is -0.0223. The summed E-state index contributed by atoms with van der Waals surface area (Å²) < 4.78 is 0. The van der Waals surface area contributed by atoms with E-state index in [0.29, 0.717) is 6.42 Å². The second kappa shape index (κ2) is 4.74. The molecule has 1 aliphatic rings. The molecule has 0 aromatic heterocycles. The van der Waals surface area contributed by atoms with Crippen LogP contribution in [0.15, 0.2) is 24.3 Å². The fourth-order valence-electron chi connectivity index (χ4n) is 2.47. The number of nitrogens with zero attached hydrogens (tertiary/aromatic N) is 1. The molecule has 1 heterocycles. The van der Waals surface area contributed by atoms with Gasteiger partial charge in [-0.15, -0.1) is 0 Å². The molecule has 0 amide bonds. The SMILES string of the molecule is CN1CCCC(O)(Cc2ccc(Cl)cc2)C1. The number of piperidine rings is 1. The number of hydrogen-bond donors (Lipinski definition) is 1. The van der Waals surface area contributed by atoms with Gasteiger partial charge in [0.05, 0.1) is 5.60 Å². The third-order valence-corrected chi connectivity index (χ3v) is 3.44. The fourth-order valence-corrected chi connectivity index (χ4v) is 2.59. The number of hydrogen-bond acceptors (Lipinski definition) is 2. The Morgan fingerprint density at radius 3 is 2.69 bits per heavy atom. The normalized spacial score (nSPS) is 26.9. The Morgan fingerprint density at radius 1 is 1.38 bits per heavy atom. The Bertz CT molecular complexity index is 351. The van der Waals surface area contributed by atoms with Crippen LogP contribution in [0.1, 0.15) is 18.4 Å². The summed E-state index contributed by atoms with van der Waals surface area (Å²) in [6, 6.07) is 7.75. The van der Waals surface area contributed by atoms with Crippen molar-refractivity contribution in [1.29, 1.82) is 0 Å². The van der Waals surface area contributed by atoms with Crippen molar-refractivity contribution in [1.82, 2.24) is 4.90 Å². The van der Waals surface area contributed by atoms with Crippen LogP contribution in [0.2, 0.25) is 5.02 Å². The van der Waals surface area contributed by atoms with Crippen LogP contribution in [0.25, 0.3) is 0 Å². The standard InChI is InChI=1S/C13H18ClNO/c1-15-8-2-7-13(16,10-15)9-11-3-5-12(14)6-4-11/h3-6,16H,2,7-10H2,1H3. The quantitative estimate of drug-likeness (QED) is 0.857. The van der Waals surface area contributed by atoms with Crippen molar-refractivity contribution in [3.05, 3.63) is 34.9 Å². The Hall–Kier alpha value is -0.570. The lowest BCUT2D eigenvalue weighted by Crippen LogP contribution is -2.47. The Labute approximate surface area is 102 Å². The van der Waals surface area contributed by atoms with Gasteiger partial charge in [-0.3, -0.25) is 0 Å². The number of β-amino-alcohol motifs (C(OH)–C–C–N with tert-alkyl or cyclic N) is 1. The minimum Gasteiger partial charge on any atom is -0.388 e. The summed E-state index contributed by atoms with van der Waals surface area (Å²) in [5, 5.41) is 11.2. The topological polar surface area (TPSA) is 23.5 Å². The number of benzene rings is 1. The first-order valence-electron chi connectivity index (χ1n) is 5.73. The highest BCUT2D eigenvalue weighted by atomic mass is 35.5. The highest BCUT2D eigenvalue weighted by Gasteiger charge is 2.31. The van der Waals surface area contributed by atoms with Gasteiger partial charge >= 0.3 is 0 Å². The maximum Gasteiger partial charge on any atom is 0.0814 e. The van der Waals surface area contributed by atoms with E-state index < -0.39 is 5.60 Å². The number of rotatable bonds is 2. The highest BCUT2D eigenvalue weighted by molar-refractivity contribution is 6.30. The van der Waals surface area contributed by atoms with E-state index in [2.05, 4.69) is 11.9 Å². The second-order valence-electron chi connectivity index (χ2n) is 4.87. The first-order chi connectivity index (χ1) is 7.57.